The number of anilines is 1. The highest BCUT2D eigenvalue weighted by molar-refractivity contribution is 6.05. The van der Waals surface area contributed by atoms with Gasteiger partial charge in [-0.25, -0.2) is 0 Å². The normalized spacial score (nSPS) is 12.0. The van der Waals surface area contributed by atoms with Gasteiger partial charge in [0.15, 0.2) is 5.78 Å². The molecule has 0 unspecified atom stereocenters. The van der Waals surface area contributed by atoms with Crippen molar-refractivity contribution in [3.63, 3.8) is 0 Å². The van der Waals surface area contributed by atoms with Gasteiger partial charge in [-0.05, 0) is 49.4 Å². The number of hydrogen-bond acceptors (Lipinski definition) is 3. The summed E-state index contributed by atoms with van der Waals surface area (Å²) in [6.45, 7) is 1.61. The van der Waals surface area contributed by atoms with Gasteiger partial charge < -0.3 is 10.1 Å². The molecule has 0 aliphatic rings. The van der Waals surface area contributed by atoms with Crippen molar-refractivity contribution >= 4 is 11.5 Å². The molecule has 6 heteroatoms. The Hall–Kier alpha value is -2.76. The van der Waals surface area contributed by atoms with Gasteiger partial charge in [0, 0.05) is 23.0 Å². The van der Waals surface area contributed by atoms with Crippen molar-refractivity contribution in [3.8, 4) is 5.75 Å². The van der Waals surface area contributed by atoms with Gasteiger partial charge in [0.2, 0.25) is 0 Å². The maximum Gasteiger partial charge on any atom is 0.416 e. The van der Waals surface area contributed by atoms with Gasteiger partial charge in [-0.3, -0.25) is 4.79 Å². The molecule has 2 aromatic rings. The zero-order valence-corrected chi connectivity index (χ0v) is 13.1. The average Bonchev–Trinajstić information content (AvgIpc) is 2.54. The number of hydrogen-bond donors (Lipinski definition) is 1. The number of rotatable bonds is 5. The number of allylic oxidation sites excluding steroid dienone is 2. The average molecular weight is 335 g/mol. The molecule has 126 valence electrons. The zero-order chi connectivity index (χ0) is 17.7. The van der Waals surface area contributed by atoms with Gasteiger partial charge in [0.1, 0.15) is 5.75 Å². The van der Waals surface area contributed by atoms with Crippen molar-refractivity contribution in [2.45, 2.75) is 13.1 Å². The fraction of sp³-hybridized carbons (Fsp3) is 0.167. The molecule has 1 N–H and O–H groups in total. The molecular formula is C18H16F3NO2. The molecule has 0 fully saturated rings. The van der Waals surface area contributed by atoms with Crippen molar-refractivity contribution in [2.24, 2.45) is 0 Å². The monoisotopic (exact) mass is 335 g/mol. The predicted octanol–water partition coefficient (Wildman–Crippen LogP) is 4.91. The van der Waals surface area contributed by atoms with Crippen LogP contribution in [0.15, 0.2) is 60.3 Å². The highest BCUT2D eigenvalue weighted by Gasteiger charge is 2.30. The molecule has 0 amide bonds. The maximum atomic E-state index is 12.7. The molecule has 24 heavy (non-hydrogen) atoms. The Labute approximate surface area is 137 Å². The number of benzene rings is 2. The first-order valence-electron chi connectivity index (χ1n) is 7.10. The van der Waals surface area contributed by atoms with Crippen LogP contribution in [0.4, 0.5) is 18.9 Å². The highest BCUT2D eigenvalue weighted by atomic mass is 19.4. The first kappa shape index (κ1) is 17.6. The van der Waals surface area contributed by atoms with Crippen molar-refractivity contribution in [3.05, 3.63) is 71.4 Å². The molecule has 0 heterocycles. The van der Waals surface area contributed by atoms with Crippen molar-refractivity contribution in [1.29, 1.82) is 0 Å². The van der Waals surface area contributed by atoms with Crippen LogP contribution in [0.2, 0.25) is 0 Å². The van der Waals surface area contributed by atoms with Crippen LogP contribution >= 0.6 is 0 Å². The molecule has 0 aliphatic carbocycles. The van der Waals surface area contributed by atoms with E-state index in [-0.39, 0.29) is 11.5 Å². The Morgan fingerprint density at radius 2 is 1.79 bits per heavy atom. The van der Waals surface area contributed by atoms with Crippen LogP contribution in [0.3, 0.4) is 0 Å². The Bertz CT molecular complexity index is 750. The third-order valence-corrected chi connectivity index (χ3v) is 3.25. The fourth-order valence-corrected chi connectivity index (χ4v) is 2.07. The minimum absolute atomic E-state index is 0.255. The van der Waals surface area contributed by atoms with E-state index in [2.05, 4.69) is 5.32 Å². The first-order valence-corrected chi connectivity index (χ1v) is 7.10. The summed E-state index contributed by atoms with van der Waals surface area (Å²) in [6, 6.07) is 11.4. The van der Waals surface area contributed by atoms with E-state index in [0.29, 0.717) is 17.0 Å². The molecular weight excluding hydrogens is 319 g/mol. The zero-order valence-electron chi connectivity index (χ0n) is 13.1. The van der Waals surface area contributed by atoms with Crippen LogP contribution in [0.5, 0.6) is 5.75 Å². The van der Waals surface area contributed by atoms with Crippen LogP contribution in [-0.2, 0) is 6.18 Å². The molecule has 0 aliphatic heterocycles. The lowest BCUT2D eigenvalue weighted by molar-refractivity contribution is -0.137. The maximum absolute atomic E-state index is 12.7. The summed E-state index contributed by atoms with van der Waals surface area (Å²) < 4.78 is 43.1. The Balaban J connectivity index is 2.12. The summed E-state index contributed by atoms with van der Waals surface area (Å²) >= 11 is 0. The van der Waals surface area contributed by atoms with Gasteiger partial charge in [-0.15, -0.1) is 0 Å². The number of carbonyl (C=O) groups excluding carboxylic acids is 1. The van der Waals surface area contributed by atoms with E-state index in [1.54, 1.807) is 31.2 Å². The summed E-state index contributed by atoms with van der Waals surface area (Å²) in [5.74, 6) is 0.379. The third kappa shape index (κ3) is 4.62. The van der Waals surface area contributed by atoms with E-state index in [9.17, 15) is 18.0 Å². The highest BCUT2D eigenvalue weighted by Crippen LogP contribution is 2.30. The first-order chi connectivity index (χ1) is 11.3. The standard InChI is InChI=1S/C18H16F3NO2/c1-12(10-17(23)13-6-8-16(24-2)9-7-13)22-15-5-3-4-14(11-15)18(19,20)21/h3-11,22H,1-2H3. The summed E-state index contributed by atoms with van der Waals surface area (Å²) in [4.78, 5) is 12.1. The van der Waals surface area contributed by atoms with Gasteiger partial charge in [-0.2, -0.15) is 13.2 Å². The van der Waals surface area contributed by atoms with Crippen LogP contribution in [0, 0.1) is 0 Å². The second-order valence-electron chi connectivity index (χ2n) is 5.12. The van der Waals surface area contributed by atoms with Gasteiger partial charge in [-0.1, -0.05) is 6.07 Å². The molecule has 0 bridgehead atoms. The van der Waals surface area contributed by atoms with E-state index in [1.807, 2.05) is 0 Å². The predicted molar refractivity (Wildman–Crippen MR) is 86.1 cm³/mol. The summed E-state index contributed by atoms with van der Waals surface area (Å²) in [7, 11) is 1.53. The van der Waals surface area contributed by atoms with Crippen molar-refractivity contribution in [2.75, 3.05) is 12.4 Å². The molecule has 2 aromatic carbocycles. The lowest BCUT2D eigenvalue weighted by Crippen LogP contribution is -2.06. The van der Waals surface area contributed by atoms with Crippen molar-refractivity contribution < 1.29 is 22.7 Å². The largest absolute Gasteiger partial charge is 0.497 e. The summed E-state index contributed by atoms with van der Waals surface area (Å²) in [5.41, 5.74) is 0.416. The third-order valence-electron chi connectivity index (χ3n) is 3.25. The minimum Gasteiger partial charge on any atom is -0.497 e. The van der Waals surface area contributed by atoms with Gasteiger partial charge >= 0.3 is 6.18 Å². The molecule has 0 saturated heterocycles. The van der Waals surface area contributed by atoms with Crippen LogP contribution in [-0.4, -0.2) is 12.9 Å². The number of nitrogens with one attached hydrogen (secondary N) is 1. The molecule has 0 radical (unpaired) electrons. The number of carbonyl (C=O) groups is 1. The Morgan fingerprint density at radius 3 is 2.38 bits per heavy atom. The summed E-state index contributed by atoms with van der Waals surface area (Å²) in [5, 5.41) is 2.79. The fourth-order valence-electron chi connectivity index (χ4n) is 2.07. The number of halogens is 3. The minimum atomic E-state index is -4.41. The smallest absolute Gasteiger partial charge is 0.416 e. The number of methoxy groups -OCH3 is 1. The molecule has 2 rings (SSSR count). The van der Waals surface area contributed by atoms with E-state index in [0.717, 1.165) is 12.1 Å². The van der Waals surface area contributed by atoms with Gasteiger partial charge in [0.05, 0.1) is 12.7 Å². The van der Waals surface area contributed by atoms with Crippen LogP contribution in [0.1, 0.15) is 22.8 Å². The Morgan fingerprint density at radius 1 is 1.12 bits per heavy atom. The lowest BCUT2D eigenvalue weighted by atomic mass is 10.1. The lowest BCUT2D eigenvalue weighted by Gasteiger charge is -2.11. The van der Waals surface area contributed by atoms with Gasteiger partial charge in [0.25, 0.3) is 0 Å². The van der Waals surface area contributed by atoms with Crippen LogP contribution < -0.4 is 10.1 Å². The molecule has 3 nitrogen and oxygen atoms in total. The van der Waals surface area contributed by atoms with Crippen molar-refractivity contribution in [1.82, 2.24) is 0 Å². The SMILES string of the molecule is COc1ccc(C(=O)C=C(C)Nc2cccc(C(F)(F)F)c2)cc1. The Kier molecular flexibility index (Phi) is 5.28. The van der Waals surface area contributed by atoms with E-state index >= 15 is 0 Å². The van der Waals surface area contributed by atoms with Crippen LogP contribution in [0.25, 0.3) is 0 Å². The number of ketones is 1. The van der Waals surface area contributed by atoms with E-state index in [1.165, 1.54) is 25.3 Å². The number of alkyl halides is 3. The molecule has 0 saturated carbocycles. The second-order valence-corrected chi connectivity index (χ2v) is 5.12. The topological polar surface area (TPSA) is 38.3 Å². The number of ether oxygens (including phenoxy) is 1. The molecule has 0 spiro atoms. The van der Waals surface area contributed by atoms with E-state index in [4.69, 9.17) is 4.74 Å². The summed E-state index contributed by atoms with van der Waals surface area (Å²) in [6.07, 6.45) is -3.07. The van der Waals surface area contributed by atoms with E-state index < -0.39 is 11.7 Å². The molecule has 0 aromatic heterocycles. The quantitative estimate of drug-likeness (QED) is 0.623. The molecule has 0 atom stereocenters. The second kappa shape index (κ2) is 7.21.